The van der Waals surface area contributed by atoms with Gasteiger partial charge in [-0.3, -0.25) is 9.00 Å². The fraction of sp³-hybridized carbons (Fsp3) is 0.278. The van der Waals surface area contributed by atoms with Crippen LogP contribution < -0.4 is 5.32 Å². The summed E-state index contributed by atoms with van der Waals surface area (Å²) in [5.74, 6) is 0.233. The lowest BCUT2D eigenvalue weighted by Gasteiger charge is -2.12. The molecule has 1 N–H and O–H groups in total. The first kappa shape index (κ1) is 16.4. The van der Waals surface area contributed by atoms with E-state index in [0.717, 1.165) is 16.7 Å². The fourth-order valence-corrected chi connectivity index (χ4v) is 3.22. The minimum absolute atomic E-state index is 0.171. The molecule has 0 aliphatic rings. The van der Waals surface area contributed by atoms with Crippen LogP contribution in [0.3, 0.4) is 0 Å². The van der Waals surface area contributed by atoms with Crippen molar-refractivity contribution in [3.8, 4) is 0 Å². The van der Waals surface area contributed by atoms with Gasteiger partial charge in [-0.05, 0) is 25.0 Å². The van der Waals surface area contributed by atoms with Crippen molar-refractivity contribution >= 4 is 16.7 Å². The molecule has 0 fully saturated rings. The van der Waals surface area contributed by atoms with Gasteiger partial charge in [-0.25, -0.2) is 0 Å². The number of carbonyl (C=O) groups excluding carboxylic acids is 1. The molecule has 3 nitrogen and oxygen atoms in total. The summed E-state index contributed by atoms with van der Waals surface area (Å²) in [6.45, 7) is 4.18. The predicted octanol–water partition coefficient (Wildman–Crippen LogP) is 2.95. The van der Waals surface area contributed by atoms with E-state index in [1.165, 1.54) is 0 Å². The summed E-state index contributed by atoms with van der Waals surface area (Å²) >= 11 is 0. The van der Waals surface area contributed by atoms with E-state index in [-0.39, 0.29) is 5.91 Å². The second-order valence-corrected chi connectivity index (χ2v) is 7.12. The number of rotatable bonds is 6. The third-order valence-electron chi connectivity index (χ3n) is 3.46. The molecule has 4 heteroatoms. The Bertz CT molecular complexity index is 655. The number of benzene rings is 2. The molecule has 0 radical (unpaired) electrons. The number of carbonyl (C=O) groups is 1. The Balaban J connectivity index is 1.88. The molecular formula is C18H21NO2S. The third-order valence-corrected chi connectivity index (χ3v) is 5.09. The number of hydrogen-bond donors (Lipinski definition) is 1. The Morgan fingerprint density at radius 1 is 1.09 bits per heavy atom. The Labute approximate surface area is 134 Å². The van der Waals surface area contributed by atoms with Crippen LogP contribution in [0.4, 0.5) is 0 Å². The quantitative estimate of drug-likeness (QED) is 0.891. The molecule has 0 unspecified atom stereocenters. The van der Waals surface area contributed by atoms with Crippen molar-refractivity contribution in [3.63, 3.8) is 0 Å². The first-order valence-corrected chi connectivity index (χ1v) is 8.69. The molecule has 2 aromatic carbocycles. The average Bonchev–Trinajstić information content (AvgIpc) is 2.53. The maximum absolute atomic E-state index is 12.3. The van der Waals surface area contributed by atoms with E-state index in [2.05, 4.69) is 5.32 Å². The van der Waals surface area contributed by atoms with Crippen molar-refractivity contribution in [2.24, 2.45) is 0 Å². The van der Waals surface area contributed by atoms with Crippen LogP contribution in [0.1, 0.15) is 23.6 Å². The van der Waals surface area contributed by atoms with Gasteiger partial charge in [0, 0.05) is 23.1 Å². The second-order valence-electron chi connectivity index (χ2n) is 5.36. The van der Waals surface area contributed by atoms with Gasteiger partial charge in [-0.15, -0.1) is 0 Å². The van der Waals surface area contributed by atoms with Crippen molar-refractivity contribution in [1.82, 2.24) is 5.32 Å². The Kier molecular flexibility index (Phi) is 5.90. The largest absolute Gasteiger partial charge is 0.351 e. The first-order chi connectivity index (χ1) is 10.6. The molecule has 2 rings (SSSR count). The SMILES string of the molecule is Cc1cccc(C[S@](=O)[C@H](C)C(=O)NCc2ccccc2)c1. The molecule has 2 atom stereocenters. The Morgan fingerprint density at radius 3 is 2.45 bits per heavy atom. The molecule has 0 bridgehead atoms. The topological polar surface area (TPSA) is 46.2 Å². The summed E-state index contributed by atoms with van der Waals surface area (Å²) in [6.07, 6.45) is 0. The predicted molar refractivity (Wildman–Crippen MR) is 90.8 cm³/mol. The fourth-order valence-electron chi connectivity index (χ4n) is 2.14. The van der Waals surface area contributed by atoms with Crippen molar-refractivity contribution < 1.29 is 9.00 Å². The Morgan fingerprint density at radius 2 is 1.77 bits per heavy atom. The maximum atomic E-state index is 12.3. The number of amides is 1. The lowest BCUT2D eigenvalue weighted by Crippen LogP contribution is -2.35. The van der Waals surface area contributed by atoms with E-state index < -0.39 is 16.0 Å². The summed E-state index contributed by atoms with van der Waals surface area (Å²) in [4.78, 5) is 12.1. The lowest BCUT2D eigenvalue weighted by molar-refractivity contribution is -0.120. The number of nitrogens with one attached hydrogen (secondary N) is 1. The van der Waals surface area contributed by atoms with Gasteiger partial charge < -0.3 is 5.32 Å². The molecule has 2 aromatic rings. The molecule has 1 amide bonds. The highest BCUT2D eigenvalue weighted by Crippen LogP contribution is 2.10. The molecule has 0 saturated heterocycles. The van der Waals surface area contributed by atoms with Crippen LogP contribution in [0.15, 0.2) is 54.6 Å². The standard InChI is InChI=1S/C18H21NO2S/c1-14-7-6-10-17(11-14)13-22(21)15(2)18(20)19-12-16-8-4-3-5-9-16/h3-11,15H,12-13H2,1-2H3,(H,19,20)/t15-,22+/m1/s1. The van der Waals surface area contributed by atoms with Gasteiger partial charge in [0.05, 0.1) is 0 Å². The first-order valence-electron chi connectivity index (χ1n) is 7.30. The molecule has 0 aromatic heterocycles. The van der Waals surface area contributed by atoms with Gasteiger partial charge >= 0.3 is 0 Å². The zero-order chi connectivity index (χ0) is 15.9. The third kappa shape index (κ3) is 4.81. The van der Waals surface area contributed by atoms with Gasteiger partial charge in [-0.2, -0.15) is 0 Å². The molecule has 0 aliphatic heterocycles. The van der Waals surface area contributed by atoms with Gasteiger partial charge in [-0.1, -0.05) is 60.2 Å². The molecule has 22 heavy (non-hydrogen) atoms. The zero-order valence-corrected chi connectivity index (χ0v) is 13.7. The minimum atomic E-state index is -1.22. The van der Waals surface area contributed by atoms with E-state index in [1.54, 1.807) is 6.92 Å². The zero-order valence-electron chi connectivity index (χ0n) is 12.9. The molecule has 0 saturated carbocycles. The molecular weight excluding hydrogens is 294 g/mol. The van der Waals surface area contributed by atoms with Crippen LogP contribution in [0.5, 0.6) is 0 Å². The highest BCUT2D eigenvalue weighted by Gasteiger charge is 2.19. The van der Waals surface area contributed by atoms with Crippen LogP contribution in [-0.2, 0) is 27.9 Å². The smallest absolute Gasteiger partial charge is 0.235 e. The second kappa shape index (κ2) is 7.90. The van der Waals surface area contributed by atoms with Crippen LogP contribution in [0.2, 0.25) is 0 Å². The van der Waals surface area contributed by atoms with Crippen LogP contribution in [0, 0.1) is 6.92 Å². The van der Waals surface area contributed by atoms with E-state index in [0.29, 0.717) is 12.3 Å². The van der Waals surface area contributed by atoms with E-state index >= 15 is 0 Å². The summed E-state index contributed by atoms with van der Waals surface area (Å²) in [6, 6.07) is 17.6. The highest BCUT2D eigenvalue weighted by atomic mass is 32.2. The van der Waals surface area contributed by atoms with E-state index in [4.69, 9.17) is 0 Å². The summed E-state index contributed by atoms with van der Waals surface area (Å²) in [5, 5.41) is 2.32. The van der Waals surface area contributed by atoms with E-state index in [1.807, 2.05) is 61.5 Å². The maximum Gasteiger partial charge on any atom is 0.235 e. The minimum Gasteiger partial charge on any atom is -0.351 e. The van der Waals surface area contributed by atoms with Gasteiger partial charge in [0.15, 0.2) is 0 Å². The average molecular weight is 315 g/mol. The lowest BCUT2D eigenvalue weighted by atomic mass is 10.2. The number of hydrogen-bond acceptors (Lipinski definition) is 2. The van der Waals surface area contributed by atoms with Gasteiger partial charge in [0.1, 0.15) is 5.25 Å². The van der Waals surface area contributed by atoms with Crippen molar-refractivity contribution in [1.29, 1.82) is 0 Å². The molecule has 0 aliphatic carbocycles. The van der Waals surface area contributed by atoms with Crippen LogP contribution >= 0.6 is 0 Å². The molecule has 0 spiro atoms. The summed E-state index contributed by atoms with van der Waals surface area (Å²) < 4.78 is 12.3. The van der Waals surface area contributed by atoms with E-state index in [9.17, 15) is 9.00 Å². The molecule has 0 heterocycles. The highest BCUT2D eigenvalue weighted by molar-refractivity contribution is 7.85. The van der Waals surface area contributed by atoms with Crippen molar-refractivity contribution in [2.75, 3.05) is 0 Å². The van der Waals surface area contributed by atoms with Gasteiger partial charge in [0.25, 0.3) is 0 Å². The molecule has 116 valence electrons. The number of aryl methyl sites for hydroxylation is 1. The van der Waals surface area contributed by atoms with Crippen LogP contribution in [-0.4, -0.2) is 15.4 Å². The van der Waals surface area contributed by atoms with Gasteiger partial charge in [0.2, 0.25) is 5.91 Å². The summed E-state index contributed by atoms with van der Waals surface area (Å²) in [5.41, 5.74) is 3.17. The summed E-state index contributed by atoms with van der Waals surface area (Å²) in [7, 11) is -1.22. The normalized spacial score (nSPS) is 13.4. The van der Waals surface area contributed by atoms with Crippen LogP contribution in [0.25, 0.3) is 0 Å². The van der Waals surface area contributed by atoms with Crippen molar-refractivity contribution in [2.45, 2.75) is 31.4 Å². The van der Waals surface area contributed by atoms with Crippen molar-refractivity contribution in [3.05, 3.63) is 71.3 Å². The monoisotopic (exact) mass is 315 g/mol. The Hall–Kier alpha value is -1.94.